The molecular formula is C31H38ClN3O3. The van der Waals surface area contributed by atoms with Crippen LogP contribution in [0.25, 0.3) is 22.0 Å². The molecule has 2 saturated heterocycles. The summed E-state index contributed by atoms with van der Waals surface area (Å²) in [5.41, 5.74) is 3.07. The number of rotatable bonds is 9. The molecule has 1 aliphatic carbocycles. The van der Waals surface area contributed by atoms with Crippen molar-refractivity contribution in [2.75, 3.05) is 39.3 Å². The van der Waals surface area contributed by atoms with Crippen molar-refractivity contribution in [3.8, 4) is 22.6 Å². The summed E-state index contributed by atoms with van der Waals surface area (Å²) in [7, 11) is 0. The molecule has 202 valence electrons. The van der Waals surface area contributed by atoms with Crippen LogP contribution in [0.1, 0.15) is 44.9 Å². The molecule has 0 atom stereocenters. The number of hydrogen-bond donors (Lipinski definition) is 0. The number of nitrogens with zero attached hydrogens (tertiary/aromatic N) is 3. The van der Waals surface area contributed by atoms with Crippen molar-refractivity contribution >= 4 is 29.2 Å². The van der Waals surface area contributed by atoms with Gasteiger partial charge in [0.25, 0.3) is 0 Å². The van der Waals surface area contributed by atoms with Gasteiger partial charge in [0.05, 0.1) is 6.61 Å². The lowest BCUT2D eigenvalue weighted by Gasteiger charge is -2.32. The Hall–Kier alpha value is -2.83. The number of amides is 1. The summed E-state index contributed by atoms with van der Waals surface area (Å²) in [6.07, 6.45) is 9.57. The molecule has 2 aromatic carbocycles. The van der Waals surface area contributed by atoms with Crippen molar-refractivity contribution in [3.05, 3.63) is 54.7 Å². The molecule has 2 aliphatic heterocycles. The summed E-state index contributed by atoms with van der Waals surface area (Å²) >= 11 is 0. The average Bonchev–Trinajstić information content (AvgIpc) is 3.67. The quantitative estimate of drug-likeness (QED) is 0.316. The number of benzene rings is 2. The highest BCUT2D eigenvalue weighted by Gasteiger charge is 2.35. The number of fused-ring (bicyclic) bond motifs is 1. The molecule has 0 unspecified atom stereocenters. The highest BCUT2D eigenvalue weighted by molar-refractivity contribution is 5.92. The molecular weight excluding hydrogens is 498 g/mol. The Morgan fingerprint density at radius 2 is 1.68 bits per heavy atom. The SMILES string of the molecule is Cl.O=C(C1CC1)N1CCC(Oc2ccc(-c3ccc4cccnc4c3OCCCN3CCCC3)cc2)CC1. The van der Waals surface area contributed by atoms with Gasteiger partial charge in [0.1, 0.15) is 17.4 Å². The first-order valence-corrected chi connectivity index (χ1v) is 14.0. The Balaban J connectivity index is 0.00000294. The van der Waals surface area contributed by atoms with Gasteiger partial charge in [-0.1, -0.05) is 24.3 Å². The van der Waals surface area contributed by atoms with Crippen molar-refractivity contribution in [2.45, 2.75) is 51.0 Å². The molecule has 0 radical (unpaired) electrons. The van der Waals surface area contributed by atoms with Crippen LogP contribution in [0.5, 0.6) is 11.5 Å². The molecule has 0 spiro atoms. The van der Waals surface area contributed by atoms with Gasteiger partial charge in [-0.05, 0) is 75.0 Å². The summed E-state index contributed by atoms with van der Waals surface area (Å²) in [6, 6.07) is 16.7. The molecule has 1 amide bonds. The van der Waals surface area contributed by atoms with Crippen LogP contribution in [-0.2, 0) is 4.79 Å². The van der Waals surface area contributed by atoms with Crippen molar-refractivity contribution in [1.82, 2.24) is 14.8 Å². The van der Waals surface area contributed by atoms with Crippen LogP contribution in [0, 0.1) is 5.92 Å². The van der Waals surface area contributed by atoms with Gasteiger partial charge in [-0.3, -0.25) is 9.78 Å². The average molecular weight is 536 g/mol. The minimum Gasteiger partial charge on any atom is -0.491 e. The van der Waals surface area contributed by atoms with E-state index in [1.54, 1.807) is 0 Å². The molecule has 0 N–H and O–H groups in total. The van der Waals surface area contributed by atoms with Gasteiger partial charge in [0.2, 0.25) is 5.91 Å². The van der Waals surface area contributed by atoms with E-state index in [1.807, 2.05) is 17.2 Å². The number of piperidine rings is 1. The number of carbonyl (C=O) groups excluding carboxylic acids is 1. The van der Waals surface area contributed by atoms with E-state index in [-0.39, 0.29) is 18.5 Å². The topological polar surface area (TPSA) is 54.9 Å². The molecule has 3 heterocycles. The predicted octanol–water partition coefficient (Wildman–Crippen LogP) is 5.97. The van der Waals surface area contributed by atoms with Crippen LogP contribution in [-0.4, -0.2) is 66.1 Å². The zero-order valence-electron chi connectivity index (χ0n) is 22.0. The van der Waals surface area contributed by atoms with Crippen molar-refractivity contribution in [1.29, 1.82) is 0 Å². The van der Waals surface area contributed by atoms with Gasteiger partial charge in [0.15, 0.2) is 5.75 Å². The van der Waals surface area contributed by atoms with Gasteiger partial charge in [-0.25, -0.2) is 0 Å². The lowest BCUT2D eigenvalue weighted by atomic mass is 10.0. The second-order valence-electron chi connectivity index (χ2n) is 10.7. The lowest BCUT2D eigenvalue weighted by molar-refractivity contribution is -0.134. The molecule has 3 fully saturated rings. The fourth-order valence-electron chi connectivity index (χ4n) is 5.65. The second-order valence-corrected chi connectivity index (χ2v) is 10.7. The zero-order chi connectivity index (χ0) is 25.0. The standard InChI is InChI=1S/C31H37N3O3.ClH/c35-31(25-6-7-25)34-20-14-27(15-21-34)37-26-11-8-23(9-12-26)28-13-10-24-5-3-16-32-29(24)30(28)36-22-4-19-33-17-1-2-18-33;/h3,5,8-13,16,25,27H,1-2,4,6-7,14-15,17-22H2;1H. The van der Waals surface area contributed by atoms with E-state index in [1.165, 1.54) is 25.9 Å². The van der Waals surface area contributed by atoms with E-state index in [0.29, 0.717) is 18.4 Å². The molecule has 38 heavy (non-hydrogen) atoms. The molecule has 6 rings (SSSR count). The van der Waals surface area contributed by atoms with Crippen LogP contribution in [0.3, 0.4) is 0 Å². The highest BCUT2D eigenvalue weighted by atomic mass is 35.5. The van der Waals surface area contributed by atoms with E-state index in [9.17, 15) is 4.79 Å². The van der Waals surface area contributed by atoms with E-state index < -0.39 is 0 Å². The summed E-state index contributed by atoms with van der Waals surface area (Å²) in [5.74, 6) is 2.39. The maximum absolute atomic E-state index is 12.3. The summed E-state index contributed by atoms with van der Waals surface area (Å²) in [4.78, 5) is 21.5. The van der Waals surface area contributed by atoms with Crippen molar-refractivity contribution in [3.63, 3.8) is 0 Å². The molecule has 1 aromatic heterocycles. The van der Waals surface area contributed by atoms with Crippen LogP contribution < -0.4 is 9.47 Å². The predicted molar refractivity (Wildman–Crippen MR) is 153 cm³/mol. The van der Waals surface area contributed by atoms with E-state index in [2.05, 4.69) is 52.3 Å². The zero-order valence-corrected chi connectivity index (χ0v) is 22.8. The first kappa shape index (κ1) is 26.8. The number of halogens is 1. The second kappa shape index (κ2) is 12.4. The number of hydrogen-bond acceptors (Lipinski definition) is 5. The van der Waals surface area contributed by atoms with Gasteiger partial charge in [-0.15, -0.1) is 12.4 Å². The Morgan fingerprint density at radius 3 is 2.42 bits per heavy atom. The third-order valence-electron chi connectivity index (χ3n) is 7.94. The maximum atomic E-state index is 12.3. The lowest BCUT2D eigenvalue weighted by Crippen LogP contribution is -2.42. The largest absolute Gasteiger partial charge is 0.491 e. The van der Waals surface area contributed by atoms with Crippen LogP contribution >= 0.6 is 12.4 Å². The van der Waals surface area contributed by atoms with E-state index in [4.69, 9.17) is 9.47 Å². The Labute approximate surface area is 231 Å². The van der Waals surface area contributed by atoms with E-state index >= 15 is 0 Å². The van der Waals surface area contributed by atoms with Gasteiger partial charge < -0.3 is 19.3 Å². The molecule has 3 aromatic rings. The Kier molecular flexibility index (Phi) is 8.70. The normalized spacial score (nSPS) is 18.4. The van der Waals surface area contributed by atoms with Crippen LogP contribution in [0.4, 0.5) is 0 Å². The molecule has 3 aliphatic rings. The minimum absolute atomic E-state index is 0. The molecule has 0 bridgehead atoms. The van der Waals surface area contributed by atoms with Gasteiger partial charge in [-0.2, -0.15) is 0 Å². The van der Waals surface area contributed by atoms with Crippen LogP contribution in [0.2, 0.25) is 0 Å². The van der Waals surface area contributed by atoms with Crippen LogP contribution in [0.15, 0.2) is 54.7 Å². The monoisotopic (exact) mass is 535 g/mol. The molecule has 1 saturated carbocycles. The fourth-order valence-corrected chi connectivity index (χ4v) is 5.65. The fraction of sp³-hybridized carbons (Fsp3) is 0.484. The Bertz CT molecular complexity index is 1220. The highest BCUT2D eigenvalue weighted by Crippen LogP contribution is 2.37. The first-order valence-electron chi connectivity index (χ1n) is 14.0. The van der Waals surface area contributed by atoms with Gasteiger partial charge in [0, 0.05) is 55.5 Å². The summed E-state index contributed by atoms with van der Waals surface area (Å²) in [6.45, 7) is 5.82. The molecule has 6 nitrogen and oxygen atoms in total. The molecule has 7 heteroatoms. The number of likely N-dealkylation sites (tertiary alicyclic amines) is 2. The number of aromatic nitrogens is 1. The smallest absolute Gasteiger partial charge is 0.225 e. The number of pyridine rings is 1. The number of ether oxygens (including phenoxy) is 2. The van der Waals surface area contributed by atoms with E-state index in [0.717, 1.165) is 85.3 Å². The van der Waals surface area contributed by atoms with Crippen molar-refractivity contribution in [2.24, 2.45) is 5.92 Å². The Morgan fingerprint density at radius 1 is 0.921 bits per heavy atom. The first-order chi connectivity index (χ1) is 18.2. The minimum atomic E-state index is 0. The summed E-state index contributed by atoms with van der Waals surface area (Å²) < 4.78 is 12.7. The third-order valence-corrected chi connectivity index (χ3v) is 7.94. The van der Waals surface area contributed by atoms with Gasteiger partial charge >= 0.3 is 0 Å². The van der Waals surface area contributed by atoms with Crippen molar-refractivity contribution < 1.29 is 14.3 Å². The number of carbonyl (C=O) groups is 1. The maximum Gasteiger partial charge on any atom is 0.225 e. The third kappa shape index (κ3) is 6.24. The summed E-state index contributed by atoms with van der Waals surface area (Å²) in [5, 5.41) is 1.09.